The van der Waals surface area contributed by atoms with Crippen molar-refractivity contribution in [3.8, 4) is 16.4 Å². The van der Waals surface area contributed by atoms with E-state index in [1.54, 1.807) is 48.8 Å². The Hall–Kier alpha value is -2.60. The molecule has 0 N–H and O–H groups in total. The van der Waals surface area contributed by atoms with Crippen LogP contribution >= 0.6 is 11.3 Å². The second-order valence-electron chi connectivity index (χ2n) is 4.47. The Labute approximate surface area is 131 Å². The summed E-state index contributed by atoms with van der Waals surface area (Å²) in [6.07, 6.45) is 0. The van der Waals surface area contributed by atoms with Crippen LogP contribution in [0.25, 0.3) is 10.6 Å². The molecular formula is C16H13NO4S. The zero-order valence-corrected chi connectivity index (χ0v) is 12.6. The maximum absolute atomic E-state index is 12.0. The summed E-state index contributed by atoms with van der Waals surface area (Å²) >= 11 is 1.56. The summed E-state index contributed by atoms with van der Waals surface area (Å²) in [5.74, 6) is 0.845. The van der Waals surface area contributed by atoms with E-state index in [-0.39, 0.29) is 6.61 Å². The number of carbonyl (C=O) groups excluding carboxylic acids is 1. The molecule has 0 bridgehead atoms. The lowest BCUT2D eigenvalue weighted by Crippen LogP contribution is -2.05. The molecule has 2 aromatic heterocycles. The van der Waals surface area contributed by atoms with Gasteiger partial charge in [-0.1, -0.05) is 17.3 Å². The number of carbonyl (C=O) groups is 1. The Morgan fingerprint density at radius 1 is 1.27 bits per heavy atom. The van der Waals surface area contributed by atoms with Crippen LogP contribution in [-0.2, 0) is 11.3 Å². The molecule has 3 aromatic rings. The minimum atomic E-state index is -0.431. The molecule has 0 saturated carbocycles. The Morgan fingerprint density at radius 2 is 2.18 bits per heavy atom. The highest BCUT2D eigenvalue weighted by molar-refractivity contribution is 7.13. The van der Waals surface area contributed by atoms with Gasteiger partial charge in [-0.05, 0) is 29.6 Å². The first-order valence-electron chi connectivity index (χ1n) is 6.57. The molecule has 0 spiro atoms. The van der Waals surface area contributed by atoms with E-state index in [2.05, 4.69) is 5.16 Å². The first-order valence-corrected chi connectivity index (χ1v) is 7.45. The van der Waals surface area contributed by atoms with Gasteiger partial charge in [0.2, 0.25) is 0 Å². The van der Waals surface area contributed by atoms with Crippen molar-refractivity contribution in [2.75, 3.05) is 7.11 Å². The van der Waals surface area contributed by atoms with Crippen molar-refractivity contribution in [3.05, 3.63) is 59.1 Å². The van der Waals surface area contributed by atoms with Crippen molar-refractivity contribution in [1.82, 2.24) is 5.16 Å². The summed E-state index contributed by atoms with van der Waals surface area (Å²) < 4.78 is 15.5. The van der Waals surface area contributed by atoms with Gasteiger partial charge in [-0.3, -0.25) is 0 Å². The van der Waals surface area contributed by atoms with Gasteiger partial charge in [0, 0.05) is 6.07 Å². The van der Waals surface area contributed by atoms with Gasteiger partial charge in [0.15, 0.2) is 5.76 Å². The van der Waals surface area contributed by atoms with Crippen molar-refractivity contribution < 1.29 is 18.8 Å². The molecule has 0 fully saturated rings. The largest absolute Gasteiger partial charge is 0.497 e. The van der Waals surface area contributed by atoms with Crippen LogP contribution in [0.1, 0.15) is 16.1 Å². The summed E-state index contributed by atoms with van der Waals surface area (Å²) in [4.78, 5) is 13.0. The van der Waals surface area contributed by atoms with Crippen LogP contribution in [0.15, 0.2) is 52.4 Å². The molecule has 0 aliphatic carbocycles. The first kappa shape index (κ1) is 14.3. The third kappa shape index (κ3) is 3.17. The van der Waals surface area contributed by atoms with Crippen LogP contribution in [0.5, 0.6) is 5.75 Å². The fraction of sp³-hybridized carbons (Fsp3) is 0.125. The van der Waals surface area contributed by atoms with Crippen LogP contribution in [-0.4, -0.2) is 18.2 Å². The number of aromatic nitrogens is 1. The van der Waals surface area contributed by atoms with Crippen molar-refractivity contribution in [2.45, 2.75) is 6.61 Å². The van der Waals surface area contributed by atoms with Crippen LogP contribution in [0.4, 0.5) is 0 Å². The summed E-state index contributed by atoms with van der Waals surface area (Å²) in [5, 5.41) is 5.86. The second kappa shape index (κ2) is 6.44. The van der Waals surface area contributed by atoms with Crippen molar-refractivity contribution in [1.29, 1.82) is 0 Å². The van der Waals surface area contributed by atoms with Gasteiger partial charge < -0.3 is 14.0 Å². The lowest BCUT2D eigenvalue weighted by atomic mass is 10.2. The monoisotopic (exact) mass is 315 g/mol. The van der Waals surface area contributed by atoms with E-state index in [0.717, 1.165) is 4.88 Å². The smallest absolute Gasteiger partial charge is 0.338 e. The van der Waals surface area contributed by atoms with E-state index < -0.39 is 5.97 Å². The fourth-order valence-electron chi connectivity index (χ4n) is 1.89. The first-order chi connectivity index (χ1) is 10.8. The molecular weight excluding hydrogens is 302 g/mol. The molecule has 2 heterocycles. The zero-order valence-electron chi connectivity index (χ0n) is 11.8. The Kier molecular flexibility index (Phi) is 4.20. The SMILES string of the molecule is COc1cccc(C(=O)OCc2cc(-c3cccs3)on2)c1. The van der Waals surface area contributed by atoms with Gasteiger partial charge in [-0.2, -0.15) is 0 Å². The molecule has 3 rings (SSSR count). The van der Waals surface area contributed by atoms with Gasteiger partial charge in [0.05, 0.1) is 17.6 Å². The zero-order chi connectivity index (χ0) is 15.4. The third-order valence-corrected chi connectivity index (χ3v) is 3.86. The maximum atomic E-state index is 12.0. The highest BCUT2D eigenvalue weighted by atomic mass is 32.1. The highest BCUT2D eigenvalue weighted by Crippen LogP contribution is 2.25. The molecule has 0 saturated heterocycles. The number of methoxy groups -OCH3 is 1. The summed E-state index contributed by atoms with van der Waals surface area (Å²) in [6, 6.07) is 12.4. The molecule has 6 heteroatoms. The van der Waals surface area contributed by atoms with E-state index in [9.17, 15) is 4.79 Å². The number of benzene rings is 1. The quantitative estimate of drug-likeness (QED) is 0.671. The van der Waals surface area contributed by atoms with E-state index in [1.165, 1.54) is 0 Å². The molecule has 0 amide bonds. The number of rotatable bonds is 5. The molecule has 0 aliphatic rings. The standard InChI is InChI=1S/C16H13NO4S/c1-19-13-5-2-4-11(8-13)16(18)20-10-12-9-14(21-17-12)15-6-3-7-22-15/h2-9H,10H2,1H3. The average molecular weight is 315 g/mol. The minimum Gasteiger partial charge on any atom is -0.497 e. The minimum absolute atomic E-state index is 0.0604. The number of nitrogens with zero attached hydrogens (tertiary/aromatic N) is 1. The van der Waals surface area contributed by atoms with E-state index >= 15 is 0 Å². The summed E-state index contributed by atoms with van der Waals surface area (Å²) in [5.41, 5.74) is 1.00. The third-order valence-electron chi connectivity index (χ3n) is 2.98. The maximum Gasteiger partial charge on any atom is 0.338 e. The van der Waals surface area contributed by atoms with Gasteiger partial charge in [-0.25, -0.2) is 4.79 Å². The molecule has 0 atom stereocenters. The Bertz CT molecular complexity index is 764. The molecule has 112 valence electrons. The van der Waals surface area contributed by atoms with Gasteiger partial charge in [-0.15, -0.1) is 11.3 Å². The van der Waals surface area contributed by atoms with Crippen LogP contribution < -0.4 is 4.74 Å². The predicted octanol–water partition coefficient (Wildman–Crippen LogP) is 3.77. The van der Waals surface area contributed by atoms with Crippen molar-refractivity contribution >= 4 is 17.3 Å². The van der Waals surface area contributed by atoms with Crippen LogP contribution in [0, 0.1) is 0 Å². The lowest BCUT2D eigenvalue weighted by Gasteiger charge is -2.04. The topological polar surface area (TPSA) is 61.6 Å². The van der Waals surface area contributed by atoms with Crippen LogP contribution in [0.3, 0.4) is 0 Å². The van der Waals surface area contributed by atoms with E-state index in [0.29, 0.717) is 22.8 Å². The van der Waals surface area contributed by atoms with Crippen molar-refractivity contribution in [3.63, 3.8) is 0 Å². The van der Waals surface area contributed by atoms with E-state index in [4.69, 9.17) is 14.0 Å². The number of thiophene rings is 1. The number of hydrogen-bond donors (Lipinski definition) is 0. The predicted molar refractivity (Wildman–Crippen MR) is 81.9 cm³/mol. The molecule has 22 heavy (non-hydrogen) atoms. The Balaban J connectivity index is 1.63. The molecule has 0 aliphatic heterocycles. The lowest BCUT2D eigenvalue weighted by molar-refractivity contribution is 0.0464. The van der Waals surface area contributed by atoms with Gasteiger partial charge in [0.25, 0.3) is 0 Å². The highest BCUT2D eigenvalue weighted by Gasteiger charge is 2.12. The fourth-order valence-corrected chi connectivity index (χ4v) is 2.56. The molecule has 5 nitrogen and oxygen atoms in total. The molecule has 0 radical (unpaired) electrons. The van der Waals surface area contributed by atoms with Crippen molar-refractivity contribution in [2.24, 2.45) is 0 Å². The number of ether oxygens (including phenoxy) is 2. The Morgan fingerprint density at radius 3 is 2.95 bits per heavy atom. The molecule has 0 unspecified atom stereocenters. The second-order valence-corrected chi connectivity index (χ2v) is 5.42. The number of esters is 1. The van der Waals surface area contributed by atoms with Gasteiger partial charge in [0.1, 0.15) is 18.1 Å². The van der Waals surface area contributed by atoms with E-state index in [1.807, 2.05) is 17.5 Å². The molecule has 1 aromatic carbocycles. The summed E-state index contributed by atoms with van der Waals surface area (Å²) in [6.45, 7) is 0.0604. The summed E-state index contributed by atoms with van der Waals surface area (Å²) in [7, 11) is 1.55. The normalized spacial score (nSPS) is 10.4. The average Bonchev–Trinajstić information content (AvgIpc) is 3.23. The van der Waals surface area contributed by atoms with Gasteiger partial charge >= 0.3 is 5.97 Å². The van der Waals surface area contributed by atoms with Crippen LogP contribution in [0.2, 0.25) is 0 Å². The number of hydrogen-bond acceptors (Lipinski definition) is 6.